The van der Waals surface area contributed by atoms with Crippen molar-refractivity contribution in [1.29, 1.82) is 0 Å². The lowest BCUT2D eigenvalue weighted by Crippen LogP contribution is -2.46. The van der Waals surface area contributed by atoms with Crippen LogP contribution in [0.3, 0.4) is 0 Å². The van der Waals surface area contributed by atoms with Gasteiger partial charge in [-0.05, 0) is 43.9 Å². The molecule has 0 saturated heterocycles. The molecule has 1 aromatic rings. The van der Waals surface area contributed by atoms with Gasteiger partial charge in [0.1, 0.15) is 0 Å². The molecule has 2 amide bonds. The normalized spacial score (nSPS) is 23.4. The van der Waals surface area contributed by atoms with Gasteiger partial charge in [-0.3, -0.25) is 9.59 Å². The molecule has 1 aromatic carbocycles. The Kier molecular flexibility index (Phi) is 5.86. The lowest BCUT2D eigenvalue weighted by molar-refractivity contribution is -0.130. The Morgan fingerprint density at radius 2 is 2.08 bits per heavy atom. The van der Waals surface area contributed by atoms with Crippen LogP contribution in [-0.2, 0) is 14.3 Å². The van der Waals surface area contributed by atoms with Crippen LogP contribution in [0.25, 0.3) is 0 Å². The van der Waals surface area contributed by atoms with Gasteiger partial charge in [-0.1, -0.05) is 19.8 Å². The summed E-state index contributed by atoms with van der Waals surface area (Å²) < 4.78 is 5.32. The highest BCUT2D eigenvalue weighted by Crippen LogP contribution is 2.32. The van der Waals surface area contributed by atoms with Crippen LogP contribution in [0.15, 0.2) is 23.1 Å². The first-order valence-corrected chi connectivity index (χ1v) is 10.0. The minimum absolute atomic E-state index is 0.0950. The van der Waals surface area contributed by atoms with E-state index in [-0.39, 0.29) is 17.9 Å². The molecular formula is C19H24N2O4S. The van der Waals surface area contributed by atoms with Crippen LogP contribution in [-0.4, -0.2) is 35.7 Å². The molecule has 140 valence electrons. The van der Waals surface area contributed by atoms with Gasteiger partial charge < -0.3 is 15.4 Å². The van der Waals surface area contributed by atoms with Crippen molar-refractivity contribution < 1.29 is 19.1 Å². The molecule has 6 nitrogen and oxygen atoms in total. The fourth-order valence-corrected chi connectivity index (χ4v) is 4.11. The second kappa shape index (κ2) is 8.12. The van der Waals surface area contributed by atoms with Crippen LogP contribution in [0.5, 0.6) is 0 Å². The first-order chi connectivity index (χ1) is 12.4. The van der Waals surface area contributed by atoms with Crippen molar-refractivity contribution >= 4 is 35.2 Å². The second-order valence-corrected chi connectivity index (χ2v) is 7.99. The van der Waals surface area contributed by atoms with Crippen molar-refractivity contribution in [2.45, 2.75) is 56.6 Å². The van der Waals surface area contributed by atoms with Crippen LogP contribution >= 0.6 is 11.8 Å². The topological polar surface area (TPSA) is 84.5 Å². The maximum Gasteiger partial charge on any atom is 0.338 e. The molecule has 1 aliphatic carbocycles. The Morgan fingerprint density at radius 3 is 2.85 bits per heavy atom. The van der Waals surface area contributed by atoms with Crippen LogP contribution in [0, 0.1) is 5.92 Å². The Hall–Kier alpha value is -2.02. The Balaban J connectivity index is 1.59. The van der Waals surface area contributed by atoms with E-state index in [1.165, 1.54) is 18.2 Å². The number of fused-ring (bicyclic) bond motifs is 1. The number of rotatable bonds is 4. The quantitative estimate of drug-likeness (QED) is 0.789. The van der Waals surface area contributed by atoms with E-state index in [0.717, 1.165) is 24.2 Å². The highest BCUT2D eigenvalue weighted by atomic mass is 32.2. The van der Waals surface area contributed by atoms with Crippen molar-refractivity contribution in [3.05, 3.63) is 23.8 Å². The molecule has 0 spiro atoms. The number of benzene rings is 1. The fourth-order valence-electron chi connectivity index (χ4n) is 3.32. The zero-order valence-corrected chi connectivity index (χ0v) is 15.9. The van der Waals surface area contributed by atoms with Crippen molar-refractivity contribution in [1.82, 2.24) is 5.32 Å². The summed E-state index contributed by atoms with van der Waals surface area (Å²) in [5, 5.41) is 5.75. The van der Waals surface area contributed by atoms with E-state index < -0.39 is 12.1 Å². The minimum Gasteiger partial charge on any atom is -0.449 e. The molecule has 0 bridgehead atoms. The van der Waals surface area contributed by atoms with Gasteiger partial charge in [0.15, 0.2) is 6.10 Å². The van der Waals surface area contributed by atoms with Crippen LogP contribution in [0.4, 0.5) is 5.69 Å². The summed E-state index contributed by atoms with van der Waals surface area (Å²) in [4.78, 5) is 37.1. The maximum absolute atomic E-state index is 12.4. The molecule has 0 radical (unpaired) electrons. The molecule has 2 aliphatic rings. The summed E-state index contributed by atoms with van der Waals surface area (Å²) in [7, 11) is 0. The highest BCUT2D eigenvalue weighted by Gasteiger charge is 2.27. The molecule has 1 heterocycles. The SMILES string of the molecule is CC(OC(=O)c1ccc2c(c1)NC(=O)CS2)C(=O)NC1CCCCC1C. The zero-order valence-electron chi connectivity index (χ0n) is 15.0. The Bertz CT molecular complexity index is 721. The van der Waals surface area contributed by atoms with Gasteiger partial charge >= 0.3 is 5.97 Å². The summed E-state index contributed by atoms with van der Waals surface area (Å²) in [6.07, 6.45) is 3.53. The van der Waals surface area contributed by atoms with E-state index >= 15 is 0 Å². The second-order valence-electron chi connectivity index (χ2n) is 6.97. The van der Waals surface area contributed by atoms with Gasteiger partial charge in [0.25, 0.3) is 5.91 Å². The monoisotopic (exact) mass is 376 g/mol. The number of hydrogen-bond donors (Lipinski definition) is 2. The molecule has 2 N–H and O–H groups in total. The average molecular weight is 376 g/mol. The maximum atomic E-state index is 12.4. The van der Waals surface area contributed by atoms with Gasteiger partial charge in [0.05, 0.1) is 17.0 Å². The standard InChI is InChI=1S/C19H24N2O4S/c1-11-5-3-4-6-14(11)21-18(23)12(2)25-19(24)13-7-8-16-15(9-13)20-17(22)10-26-16/h7-9,11-12,14H,3-6,10H2,1-2H3,(H,20,22)(H,21,23). The largest absolute Gasteiger partial charge is 0.449 e. The van der Waals surface area contributed by atoms with Crippen LogP contribution < -0.4 is 10.6 Å². The molecule has 3 atom stereocenters. The summed E-state index contributed by atoms with van der Waals surface area (Å²) in [5.41, 5.74) is 0.922. The van der Waals surface area contributed by atoms with E-state index in [2.05, 4.69) is 17.6 Å². The van der Waals surface area contributed by atoms with Crippen LogP contribution in [0.2, 0.25) is 0 Å². The summed E-state index contributed by atoms with van der Waals surface area (Å²) in [5.74, 6) is -0.122. The van der Waals surface area contributed by atoms with Crippen molar-refractivity contribution in [3.8, 4) is 0 Å². The summed E-state index contributed by atoms with van der Waals surface area (Å²) in [6, 6.07) is 5.17. The van der Waals surface area contributed by atoms with Gasteiger partial charge in [-0.15, -0.1) is 11.8 Å². The number of carbonyl (C=O) groups is 3. The van der Waals surface area contributed by atoms with Crippen molar-refractivity contribution in [3.63, 3.8) is 0 Å². The third kappa shape index (κ3) is 4.38. The number of amides is 2. The number of thioether (sulfide) groups is 1. The molecule has 1 saturated carbocycles. The Morgan fingerprint density at radius 1 is 1.31 bits per heavy atom. The predicted molar refractivity (Wildman–Crippen MR) is 100 cm³/mol. The lowest BCUT2D eigenvalue weighted by atomic mass is 9.86. The molecule has 1 fully saturated rings. The zero-order chi connectivity index (χ0) is 18.7. The number of ether oxygens (including phenoxy) is 1. The molecule has 7 heteroatoms. The van der Waals surface area contributed by atoms with E-state index in [0.29, 0.717) is 22.9 Å². The first-order valence-electron chi connectivity index (χ1n) is 9.02. The van der Waals surface area contributed by atoms with Crippen molar-refractivity contribution in [2.24, 2.45) is 5.92 Å². The number of hydrogen-bond acceptors (Lipinski definition) is 5. The molecule has 3 unspecified atom stereocenters. The van der Waals surface area contributed by atoms with Gasteiger partial charge in [-0.25, -0.2) is 4.79 Å². The van der Waals surface area contributed by atoms with Crippen LogP contribution in [0.1, 0.15) is 49.9 Å². The van der Waals surface area contributed by atoms with E-state index in [4.69, 9.17) is 4.74 Å². The molecular weight excluding hydrogens is 352 g/mol. The number of nitrogens with one attached hydrogen (secondary N) is 2. The molecule has 1 aliphatic heterocycles. The summed E-state index contributed by atoms with van der Waals surface area (Å²) >= 11 is 1.43. The molecule has 26 heavy (non-hydrogen) atoms. The van der Waals surface area contributed by atoms with Gasteiger partial charge in [0, 0.05) is 10.9 Å². The third-order valence-electron chi connectivity index (χ3n) is 4.94. The molecule has 0 aromatic heterocycles. The minimum atomic E-state index is -0.864. The van der Waals surface area contributed by atoms with E-state index in [1.54, 1.807) is 25.1 Å². The number of anilines is 1. The number of carbonyl (C=O) groups excluding carboxylic acids is 3. The summed E-state index contributed by atoms with van der Waals surface area (Å²) in [6.45, 7) is 3.72. The Labute approximate surface area is 157 Å². The van der Waals surface area contributed by atoms with E-state index in [9.17, 15) is 14.4 Å². The predicted octanol–water partition coefficient (Wildman–Crippen LogP) is 2.97. The lowest BCUT2D eigenvalue weighted by Gasteiger charge is -2.30. The highest BCUT2D eigenvalue weighted by molar-refractivity contribution is 8.00. The van der Waals surface area contributed by atoms with Gasteiger partial charge in [0.2, 0.25) is 5.91 Å². The van der Waals surface area contributed by atoms with E-state index in [1.807, 2.05) is 0 Å². The number of esters is 1. The third-order valence-corrected chi connectivity index (χ3v) is 6.01. The first kappa shape index (κ1) is 18.8. The molecule has 3 rings (SSSR count). The van der Waals surface area contributed by atoms with Crippen molar-refractivity contribution in [2.75, 3.05) is 11.1 Å². The smallest absolute Gasteiger partial charge is 0.338 e. The fraction of sp³-hybridized carbons (Fsp3) is 0.526. The van der Waals surface area contributed by atoms with Gasteiger partial charge in [-0.2, -0.15) is 0 Å². The average Bonchev–Trinajstić information content (AvgIpc) is 2.62.